The summed E-state index contributed by atoms with van der Waals surface area (Å²) in [5, 5.41) is 9.79. The number of likely N-dealkylation sites (N-methyl/N-ethyl adjacent to an activating group) is 1. The van der Waals surface area contributed by atoms with Crippen molar-refractivity contribution in [2.75, 3.05) is 47.1 Å². The molecule has 0 aliphatic carbocycles. The lowest BCUT2D eigenvalue weighted by Crippen LogP contribution is -2.43. The van der Waals surface area contributed by atoms with Gasteiger partial charge in [0.1, 0.15) is 6.79 Å². The summed E-state index contributed by atoms with van der Waals surface area (Å²) in [5.41, 5.74) is 0. The van der Waals surface area contributed by atoms with E-state index >= 15 is 0 Å². The third-order valence-corrected chi connectivity index (χ3v) is 3.49. The van der Waals surface area contributed by atoms with Gasteiger partial charge in [0.15, 0.2) is 0 Å². The molecular weight excluding hydrogens is 220 g/mol. The minimum atomic E-state index is -0.181. The molecule has 17 heavy (non-hydrogen) atoms. The van der Waals surface area contributed by atoms with Crippen LogP contribution in [0.15, 0.2) is 0 Å². The molecular formula is C12H24N2O3. The Hall–Kier alpha value is -0.200. The van der Waals surface area contributed by atoms with E-state index in [9.17, 15) is 5.11 Å². The molecule has 3 unspecified atom stereocenters. The molecule has 0 bridgehead atoms. The zero-order valence-corrected chi connectivity index (χ0v) is 10.8. The highest BCUT2D eigenvalue weighted by atomic mass is 16.7. The maximum absolute atomic E-state index is 9.79. The Labute approximate surface area is 103 Å². The quantitative estimate of drug-likeness (QED) is 0.738. The van der Waals surface area contributed by atoms with Crippen LogP contribution in [0.3, 0.4) is 0 Å². The lowest BCUT2D eigenvalue weighted by molar-refractivity contribution is -0.145. The van der Waals surface area contributed by atoms with Gasteiger partial charge < -0.3 is 19.5 Å². The second kappa shape index (κ2) is 6.11. The fourth-order valence-corrected chi connectivity index (χ4v) is 2.70. The lowest BCUT2D eigenvalue weighted by atomic mass is 10.1. The monoisotopic (exact) mass is 244 g/mol. The van der Waals surface area contributed by atoms with Gasteiger partial charge in [0, 0.05) is 25.7 Å². The van der Waals surface area contributed by atoms with Crippen molar-refractivity contribution in [2.24, 2.45) is 0 Å². The van der Waals surface area contributed by atoms with Crippen molar-refractivity contribution >= 4 is 0 Å². The van der Waals surface area contributed by atoms with Crippen LogP contribution in [0.1, 0.15) is 12.8 Å². The van der Waals surface area contributed by atoms with Crippen LogP contribution >= 0.6 is 0 Å². The van der Waals surface area contributed by atoms with Gasteiger partial charge in [0.05, 0.1) is 18.8 Å². The van der Waals surface area contributed by atoms with Gasteiger partial charge in [0.2, 0.25) is 0 Å². The van der Waals surface area contributed by atoms with Gasteiger partial charge in [-0.05, 0) is 26.9 Å². The first kappa shape index (κ1) is 13.2. The van der Waals surface area contributed by atoms with Gasteiger partial charge >= 0.3 is 0 Å². The summed E-state index contributed by atoms with van der Waals surface area (Å²) in [6, 6.07) is 0.450. The molecule has 5 heteroatoms. The Morgan fingerprint density at radius 2 is 2.24 bits per heavy atom. The summed E-state index contributed by atoms with van der Waals surface area (Å²) in [6.45, 7) is 3.90. The van der Waals surface area contributed by atoms with Crippen molar-refractivity contribution in [3.05, 3.63) is 0 Å². The van der Waals surface area contributed by atoms with Gasteiger partial charge in [-0.1, -0.05) is 0 Å². The second-order valence-corrected chi connectivity index (χ2v) is 5.36. The van der Waals surface area contributed by atoms with Crippen molar-refractivity contribution in [1.29, 1.82) is 0 Å². The molecule has 0 aromatic carbocycles. The Balaban J connectivity index is 1.84. The smallest absolute Gasteiger partial charge is 0.147 e. The van der Waals surface area contributed by atoms with Crippen LogP contribution in [-0.2, 0) is 9.47 Å². The standard InChI is InChI=1S/C12H24N2O3/c1-13(2)6-10-5-11(15)7-14(10)8-12-3-4-16-9-17-12/h10-12,15H,3-9H2,1-2H3. The number of rotatable bonds is 4. The Kier molecular flexibility index (Phi) is 4.76. The van der Waals surface area contributed by atoms with E-state index in [2.05, 4.69) is 23.9 Å². The highest BCUT2D eigenvalue weighted by Crippen LogP contribution is 2.20. The number of ether oxygens (including phenoxy) is 2. The number of aliphatic hydroxyl groups is 1. The zero-order chi connectivity index (χ0) is 12.3. The number of nitrogens with zero attached hydrogens (tertiary/aromatic N) is 2. The Morgan fingerprint density at radius 1 is 1.41 bits per heavy atom. The van der Waals surface area contributed by atoms with E-state index in [1.54, 1.807) is 0 Å². The summed E-state index contributed by atoms with van der Waals surface area (Å²) in [6.07, 6.45) is 1.92. The number of aliphatic hydroxyl groups excluding tert-OH is 1. The first-order valence-corrected chi connectivity index (χ1v) is 6.41. The van der Waals surface area contributed by atoms with Crippen molar-refractivity contribution in [2.45, 2.75) is 31.1 Å². The van der Waals surface area contributed by atoms with Gasteiger partial charge in [-0.15, -0.1) is 0 Å². The minimum absolute atomic E-state index is 0.181. The van der Waals surface area contributed by atoms with Crippen molar-refractivity contribution in [1.82, 2.24) is 9.80 Å². The first-order chi connectivity index (χ1) is 8.15. The molecule has 0 spiro atoms. The van der Waals surface area contributed by atoms with Gasteiger partial charge in [-0.25, -0.2) is 0 Å². The van der Waals surface area contributed by atoms with E-state index in [4.69, 9.17) is 9.47 Å². The van der Waals surface area contributed by atoms with E-state index in [0.717, 1.165) is 39.1 Å². The maximum atomic E-state index is 9.79. The van der Waals surface area contributed by atoms with Crippen LogP contribution in [-0.4, -0.2) is 80.3 Å². The van der Waals surface area contributed by atoms with Gasteiger partial charge in [0.25, 0.3) is 0 Å². The normalized spacial score (nSPS) is 35.6. The summed E-state index contributed by atoms with van der Waals surface area (Å²) in [5.74, 6) is 0. The number of hydrogen-bond donors (Lipinski definition) is 1. The SMILES string of the molecule is CN(C)CC1CC(O)CN1CC1CCOCO1. The predicted molar refractivity (Wildman–Crippen MR) is 64.8 cm³/mol. The molecule has 0 aromatic rings. The summed E-state index contributed by atoms with van der Waals surface area (Å²) in [4.78, 5) is 4.54. The molecule has 3 atom stereocenters. The molecule has 2 saturated heterocycles. The van der Waals surface area contributed by atoms with Gasteiger partial charge in [-0.2, -0.15) is 0 Å². The zero-order valence-electron chi connectivity index (χ0n) is 10.8. The number of likely N-dealkylation sites (tertiary alicyclic amines) is 1. The van der Waals surface area contributed by atoms with Gasteiger partial charge in [-0.3, -0.25) is 4.90 Å². The molecule has 0 saturated carbocycles. The molecule has 0 aromatic heterocycles. The molecule has 1 N–H and O–H groups in total. The van der Waals surface area contributed by atoms with Crippen molar-refractivity contribution in [3.8, 4) is 0 Å². The molecule has 2 fully saturated rings. The molecule has 0 amide bonds. The van der Waals surface area contributed by atoms with Crippen molar-refractivity contribution in [3.63, 3.8) is 0 Å². The molecule has 0 radical (unpaired) electrons. The fraction of sp³-hybridized carbons (Fsp3) is 1.00. The van der Waals surface area contributed by atoms with Crippen LogP contribution in [0.5, 0.6) is 0 Å². The summed E-state index contributed by atoms with van der Waals surface area (Å²) in [7, 11) is 4.15. The van der Waals surface area contributed by atoms with Crippen LogP contribution in [0, 0.1) is 0 Å². The molecule has 5 nitrogen and oxygen atoms in total. The third kappa shape index (κ3) is 3.89. The van der Waals surface area contributed by atoms with E-state index in [1.165, 1.54) is 0 Å². The van der Waals surface area contributed by atoms with Crippen LogP contribution in [0.4, 0.5) is 0 Å². The highest BCUT2D eigenvalue weighted by molar-refractivity contribution is 4.88. The van der Waals surface area contributed by atoms with Crippen LogP contribution < -0.4 is 0 Å². The highest BCUT2D eigenvalue weighted by Gasteiger charge is 2.33. The van der Waals surface area contributed by atoms with Crippen LogP contribution in [0.2, 0.25) is 0 Å². The molecule has 2 aliphatic rings. The molecule has 2 rings (SSSR count). The van der Waals surface area contributed by atoms with Crippen LogP contribution in [0.25, 0.3) is 0 Å². The topological polar surface area (TPSA) is 45.2 Å². The molecule has 100 valence electrons. The van der Waals surface area contributed by atoms with E-state index in [-0.39, 0.29) is 12.2 Å². The average Bonchev–Trinajstić information content (AvgIpc) is 2.59. The number of β-amino-alcohol motifs (C(OH)–C–C–N with tert-alkyl or cyclic N) is 1. The number of hydrogen-bond acceptors (Lipinski definition) is 5. The molecule has 2 aliphatic heterocycles. The van der Waals surface area contributed by atoms with E-state index in [1.807, 2.05) is 0 Å². The second-order valence-electron chi connectivity index (χ2n) is 5.36. The Bertz CT molecular complexity index is 232. The largest absolute Gasteiger partial charge is 0.392 e. The van der Waals surface area contributed by atoms with Crippen molar-refractivity contribution < 1.29 is 14.6 Å². The first-order valence-electron chi connectivity index (χ1n) is 6.41. The Morgan fingerprint density at radius 3 is 2.88 bits per heavy atom. The third-order valence-electron chi connectivity index (χ3n) is 3.49. The fourth-order valence-electron chi connectivity index (χ4n) is 2.70. The van der Waals surface area contributed by atoms with E-state index in [0.29, 0.717) is 12.8 Å². The summed E-state index contributed by atoms with van der Waals surface area (Å²) >= 11 is 0. The predicted octanol–water partition coefficient (Wildman–Crippen LogP) is -0.254. The lowest BCUT2D eigenvalue weighted by Gasteiger charge is -2.31. The van der Waals surface area contributed by atoms with E-state index < -0.39 is 0 Å². The maximum Gasteiger partial charge on any atom is 0.147 e. The average molecular weight is 244 g/mol. The minimum Gasteiger partial charge on any atom is -0.392 e. The summed E-state index contributed by atoms with van der Waals surface area (Å²) < 4.78 is 10.7. The molecule has 2 heterocycles.